The van der Waals surface area contributed by atoms with Gasteiger partial charge in [-0.1, -0.05) is 18.2 Å². The molecule has 1 aliphatic carbocycles. The molecule has 2 N–H and O–H groups in total. The molecule has 0 unspecified atom stereocenters. The number of ether oxygens (including phenoxy) is 1. The van der Waals surface area contributed by atoms with Gasteiger partial charge in [0.15, 0.2) is 0 Å². The fourth-order valence-electron chi connectivity index (χ4n) is 1.94. The molecule has 1 saturated carbocycles. The van der Waals surface area contributed by atoms with Crippen LogP contribution >= 0.6 is 0 Å². The highest BCUT2D eigenvalue weighted by Crippen LogP contribution is 2.28. The Morgan fingerprint density at radius 3 is 2.89 bits per heavy atom. The van der Waals surface area contributed by atoms with Gasteiger partial charge in [0.1, 0.15) is 0 Å². The summed E-state index contributed by atoms with van der Waals surface area (Å²) in [6, 6.07) is 7.10. The van der Waals surface area contributed by atoms with Gasteiger partial charge in [-0.2, -0.15) is 0 Å². The number of nitrogens with one attached hydrogen (secondary N) is 1. The Kier molecular flexibility index (Phi) is 5.36. The number of aromatic carboxylic acids is 1. The van der Waals surface area contributed by atoms with Crippen molar-refractivity contribution in [2.45, 2.75) is 25.8 Å². The fraction of sp³-hybridized carbons (Fsp3) is 0.533. The summed E-state index contributed by atoms with van der Waals surface area (Å²) >= 11 is 0. The lowest BCUT2D eigenvalue weighted by Crippen LogP contribution is -2.18. The van der Waals surface area contributed by atoms with Crippen LogP contribution < -0.4 is 5.32 Å². The van der Waals surface area contributed by atoms with Gasteiger partial charge in [0.25, 0.3) is 0 Å². The van der Waals surface area contributed by atoms with Gasteiger partial charge in [-0.15, -0.1) is 0 Å². The van der Waals surface area contributed by atoms with Crippen molar-refractivity contribution in [2.75, 3.05) is 19.8 Å². The molecule has 4 heteroatoms. The molecule has 0 heterocycles. The standard InChI is InChI=1S/C15H21NO3/c17-15(18)14-5-2-1-4-13(14)10-16-8-3-9-19-11-12-6-7-12/h1-2,4-5,12,16H,3,6-11H2,(H,17,18). The maximum atomic E-state index is 11.0. The molecule has 0 aromatic heterocycles. The summed E-state index contributed by atoms with van der Waals surface area (Å²) in [5.74, 6) is -0.0550. The molecule has 0 aliphatic heterocycles. The van der Waals surface area contributed by atoms with Gasteiger partial charge in [-0.25, -0.2) is 4.79 Å². The maximum Gasteiger partial charge on any atom is 0.336 e. The molecule has 0 saturated heterocycles. The lowest BCUT2D eigenvalue weighted by atomic mass is 10.1. The number of hydrogen-bond donors (Lipinski definition) is 2. The van der Waals surface area contributed by atoms with Crippen molar-refractivity contribution >= 4 is 5.97 Å². The van der Waals surface area contributed by atoms with Crippen molar-refractivity contribution < 1.29 is 14.6 Å². The van der Waals surface area contributed by atoms with Crippen molar-refractivity contribution in [3.05, 3.63) is 35.4 Å². The van der Waals surface area contributed by atoms with E-state index in [2.05, 4.69) is 5.32 Å². The van der Waals surface area contributed by atoms with Gasteiger partial charge in [0, 0.05) is 19.8 Å². The van der Waals surface area contributed by atoms with Crippen molar-refractivity contribution in [1.29, 1.82) is 0 Å². The molecule has 1 fully saturated rings. The molecule has 0 radical (unpaired) electrons. The minimum atomic E-state index is -0.870. The Bertz CT molecular complexity index is 416. The van der Waals surface area contributed by atoms with Crippen LogP contribution in [0.25, 0.3) is 0 Å². The second-order valence-electron chi connectivity index (χ2n) is 5.01. The number of carboxylic acid groups (broad SMARTS) is 1. The Labute approximate surface area is 113 Å². The van der Waals surface area contributed by atoms with E-state index < -0.39 is 5.97 Å². The van der Waals surface area contributed by atoms with Crippen LogP contribution in [0.15, 0.2) is 24.3 Å². The number of rotatable bonds is 9. The fourth-order valence-corrected chi connectivity index (χ4v) is 1.94. The van der Waals surface area contributed by atoms with E-state index >= 15 is 0 Å². The maximum absolute atomic E-state index is 11.0. The first kappa shape index (κ1) is 14.0. The van der Waals surface area contributed by atoms with E-state index in [-0.39, 0.29) is 0 Å². The lowest BCUT2D eigenvalue weighted by molar-refractivity contribution is 0.0695. The Morgan fingerprint density at radius 2 is 2.16 bits per heavy atom. The third-order valence-electron chi connectivity index (χ3n) is 3.26. The first-order valence-corrected chi connectivity index (χ1v) is 6.87. The number of hydrogen-bond acceptors (Lipinski definition) is 3. The van der Waals surface area contributed by atoms with Gasteiger partial charge in [0.05, 0.1) is 5.56 Å². The molecule has 1 aliphatic rings. The third-order valence-corrected chi connectivity index (χ3v) is 3.26. The molecule has 2 rings (SSSR count). The summed E-state index contributed by atoms with van der Waals surface area (Å²) < 4.78 is 5.54. The minimum absolute atomic E-state index is 0.375. The van der Waals surface area contributed by atoms with Crippen LogP contribution in [-0.4, -0.2) is 30.8 Å². The smallest absolute Gasteiger partial charge is 0.336 e. The number of carbonyl (C=O) groups is 1. The summed E-state index contributed by atoms with van der Waals surface area (Å²) in [6.07, 6.45) is 3.61. The molecular formula is C15H21NO3. The van der Waals surface area contributed by atoms with Gasteiger partial charge in [0.2, 0.25) is 0 Å². The molecule has 0 amide bonds. The predicted octanol–water partition coefficient (Wildman–Crippen LogP) is 2.29. The van der Waals surface area contributed by atoms with Crippen LogP contribution in [0, 0.1) is 5.92 Å². The largest absolute Gasteiger partial charge is 0.478 e. The number of benzene rings is 1. The molecule has 4 nitrogen and oxygen atoms in total. The Hall–Kier alpha value is -1.39. The molecule has 1 aromatic carbocycles. The Morgan fingerprint density at radius 1 is 1.37 bits per heavy atom. The normalized spacial score (nSPS) is 14.5. The summed E-state index contributed by atoms with van der Waals surface area (Å²) in [4.78, 5) is 11.0. The summed E-state index contributed by atoms with van der Waals surface area (Å²) in [7, 11) is 0. The quantitative estimate of drug-likeness (QED) is 0.671. The second kappa shape index (κ2) is 7.26. The first-order chi connectivity index (χ1) is 9.27. The summed E-state index contributed by atoms with van der Waals surface area (Å²) in [6.45, 7) is 3.12. The van der Waals surface area contributed by atoms with Crippen LogP contribution in [-0.2, 0) is 11.3 Å². The van der Waals surface area contributed by atoms with Crippen molar-refractivity contribution in [2.24, 2.45) is 5.92 Å². The van der Waals surface area contributed by atoms with Crippen LogP contribution in [0.3, 0.4) is 0 Å². The molecule has 1 aromatic rings. The third kappa shape index (κ3) is 5.01. The zero-order chi connectivity index (χ0) is 13.5. The highest BCUT2D eigenvalue weighted by atomic mass is 16.5. The Balaban J connectivity index is 1.60. The molecule has 0 bridgehead atoms. The zero-order valence-corrected chi connectivity index (χ0v) is 11.1. The summed E-state index contributed by atoms with van der Waals surface area (Å²) in [5.41, 5.74) is 1.20. The van der Waals surface area contributed by atoms with Crippen LogP contribution in [0.1, 0.15) is 35.2 Å². The molecule has 104 valence electrons. The van der Waals surface area contributed by atoms with Crippen molar-refractivity contribution in [3.8, 4) is 0 Å². The second-order valence-corrected chi connectivity index (χ2v) is 5.01. The van der Waals surface area contributed by atoms with E-state index in [9.17, 15) is 4.79 Å². The predicted molar refractivity (Wildman–Crippen MR) is 73.3 cm³/mol. The molecular weight excluding hydrogens is 242 g/mol. The topological polar surface area (TPSA) is 58.6 Å². The van der Waals surface area contributed by atoms with E-state index in [0.717, 1.165) is 37.7 Å². The van der Waals surface area contributed by atoms with Gasteiger partial charge in [-0.05, 0) is 43.4 Å². The average molecular weight is 263 g/mol. The van der Waals surface area contributed by atoms with Crippen LogP contribution in [0.5, 0.6) is 0 Å². The minimum Gasteiger partial charge on any atom is -0.478 e. The molecule has 19 heavy (non-hydrogen) atoms. The highest BCUT2D eigenvalue weighted by molar-refractivity contribution is 5.89. The molecule has 0 atom stereocenters. The SMILES string of the molecule is O=C(O)c1ccccc1CNCCCOCC1CC1. The lowest BCUT2D eigenvalue weighted by Gasteiger charge is -2.08. The van der Waals surface area contributed by atoms with E-state index in [1.807, 2.05) is 12.1 Å². The molecule has 0 spiro atoms. The average Bonchev–Trinajstić information content (AvgIpc) is 3.22. The van der Waals surface area contributed by atoms with E-state index in [1.54, 1.807) is 12.1 Å². The van der Waals surface area contributed by atoms with E-state index in [0.29, 0.717) is 12.1 Å². The first-order valence-electron chi connectivity index (χ1n) is 6.87. The van der Waals surface area contributed by atoms with E-state index in [1.165, 1.54) is 12.8 Å². The number of carboxylic acids is 1. The summed E-state index contributed by atoms with van der Waals surface area (Å²) in [5, 5.41) is 12.3. The monoisotopic (exact) mass is 263 g/mol. The van der Waals surface area contributed by atoms with Gasteiger partial charge >= 0.3 is 5.97 Å². The van der Waals surface area contributed by atoms with E-state index in [4.69, 9.17) is 9.84 Å². The van der Waals surface area contributed by atoms with Crippen molar-refractivity contribution in [1.82, 2.24) is 5.32 Å². The van der Waals surface area contributed by atoms with Gasteiger partial charge < -0.3 is 15.2 Å². The zero-order valence-electron chi connectivity index (χ0n) is 11.1. The van der Waals surface area contributed by atoms with Crippen LogP contribution in [0.2, 0.25) is 0 Å². The van der Waals surface area contributed by atoms with Gasteiger partial charge in [-0.3, -0.25) is 0 Å². The highest BCUT2D eigenvalue weighted by Gasteiger charge is 2.20. The van der Waals surface area contributed by atoms with Crippen molar-refractivity contribution in [3.63, 3.8) is 0 Å². The van der Waals surface area contributed by atoms with Crippen LogP contribution in [0.4, 0.5) is 0 Å².